The summed E-state index contributed by atoms with van der Waals surface area (Å²) in [6.07, 6.45) is 2.76. The lowest BCUT2D eigenvalue weighted by molar-refractivity contribution is 0.0701. The molecular formula is C8H6N2O2S. The molecule has 13 heavy (non-hydrogen) atoms. The number of aromatic nitrogens is 1. The van der Waals surface area contributed by atoms with Gasteiger partial charge in [-0.2, -0.15) is 5.26 Å². The molecule has 0 aliphatic heterocycles. The van der Waals surface area contributed by atoms with Crippen LogP contribution < -0.4 is 0 Å². The Hall–Kier alpha value is -1.67. The molecule has 0 saturated carbocycles. The van der Waals surface area contributed by atoms with Crippen molar-refractivity contribution < 1.29 is 9.90 Å². The largest absolute Gasteiger partial charge is 0.477 e. The Morgan fingerprint density at radius 3 is 2.92 bits per heavy atom. The molecule has 1 heterocycles. The fourth-order valence-corrected chi connectivity index (χ4v) is 1.60. The third-order valence-corrected chi connectivity index (χ3v) is 2.42. The number of aryl methyl sites for hydroxylation is 1. The number of aromatic carboxylic acids is 1. The van der Waals surface area contributed by atoms with Gasteiger partial charge < -0.3 is 5.11 Å². The van der Waals surface area contributed by atoms with E-state index in [2.05, 4.69) is 4.98 Å². The van der Waals surface area contributed by atoms with E-state index in [1.165, 1.54) is 12.2 Å². The summed E-state index contributed by atoms with van der Waals surface area (Å²) in [5, 5.41) is 17.5. The molecule has 1 aromatic rings. The highest BCUT2D eigenvalue weighted by Crippen LogP contribution is 2.18. The molecule has 0 atom stereocenters. The maximum absolute atomic E-state index is 10.6. The standard InChI is InChI=1S/C8H6N2O2S/c1-5-7(8(11)12)13-6(10-5)3-2-4-9/h2-3H,1H3,(H,11,12). The van der Waals surface area contributed by atoms with Crippen LogP contribution in [0.15, 0.2) is 6.08 Å². The van der Waals surface area contributed by atoms with Crippen molar-refractivity contribution in [2.75, 3.05) is 0 Å². The van der Waals surface area contributed by atoms with Gasteiger partial charge in [-0.1, -0.05) is 0 Å². The van der Waals surface area contributed by atoms with Crippen molar-refractivity contribution in [3.63, 3.8) is 0 Å². The first-order chi connectivity index (χ1) is 6.15. The molecule has 0 saturated heterocycles. The topological polar surface area (TPSA) is 74.0 Å². The quantitative estimate of drug-likeness (QED) is 0.727. The Morgan fingerprint density at radius 1 is 1.77 bits per heavy atom. The van der Waals surface area contributed by atoms with Gasteiger partial charge in [0.1, 0.15) is 9.88 Å². The Kier molecular flexibility index (Phi) is 2.77. The highest BCUT2D eigenvalue weighted by molar-refractivity contribution is 7.14. The van der Waals surface area contributed by atoms with Crippen LogP contribution in [0.4, 0.5) is 0 Å². The smallest absolute Gasteiger partial charge is 0.347 e. The van der Waals surface area contributed by atoms with Gasteiger partial charge in [-0.15, -0.1) is 11.3 Å². The lowest BCUT2D eigenvalue weighted by atomic mass is 10.4. The maximum Gasteiger partial charge on any atom is 0.347 e. The van der Waals surface area contributed by atoms with Gasteiger partial charge in [-0.05, 0) is 13.0 Å². The monoisotopic (exact) mass is 194 g/mol. The van der Waals surface area contributed by atoms with Gasteiger partial charge in [-0.25, -0.2) is 9.78 Å². The third kappa shape index (κ3) is 2.13. The molecule has 0 unspecified atom stereocenters. The summed E-state index contributed by atoms with van der Waals surface area (Å²) >= 11 is 1.06. The molecule has 1 aromatic heterocycles. The summed E-state index contributed by atoms with van der Waals surface area (Å²) in [6, 6.07) is 1.81. The minimum Gasteiger partial charge on any atom is -0.477 e. The van der Waals surface area contributed by atoms with Crippen molar-refractivity contribution in [2.24, 2.45) is 0 Å². The average Bonchev–Trinajstić information content (AvgIpc) is 2.43. The lowest BCUT2D eigenvalue weighted by Gasteiger charge is -1.84. The van der Waals surface area contributed by atoms with Crippen LogP contribution in [0.2, 0.25) is 0 Å². The van der Waals surface area contributed by atoms with Crippen LogP contribution in [-0.2, 0) is 0 Å². The zero-order chi connectivity index (χ0) is 9.84. The van der Waals surface area contributed by atoms with Crippen molar-refractivity contribution >= 4 is 23.4 Å². The summed E-state index contributed by atoms with van der Waals surface area (Å²) in [4.78, 5) is 14.8. The molecular weight excluding hydrogens is 188 g/mol. The van der Waals surface area contributed by atoms with Crippen LogP contribution in [-0.4, -0.2) is 16.1 Å². The second-order valence-corrected chi connectivity index (χ2v) is 3.26. The van der Waals surface area contributed by atoms with Gasteiger partial charge in [0, 0.05) is 6.08 Å². The van der Waals surface area contributed by atoms with Crippen LogP contribution >= 0.6 is 11.3 Å². The molecule has 1 N–H and O–H groups in total. The van der Waals surface area contributed by atoms with Crippen molar-refractivity contribution in [2.45, 2.75) is 6.92 Å². The summed E-state index contributed by atoms with van der Waals surface area (Å²) in [5.41, 5.74) is 0.482. The van der Waals surface area contributed by atoms with Crippen molar-refractivity contribution in [3.8, 4) is 6.07 Å². The fraction of sp³-hybridized carbons (Fsp3) is 0.125. The van der Waals surface area contributed by atoms with E-state index in [9.17, 15) is 4.79 Å². The first-order valence-corrected chi connectivity index (χ1v) is 4.23. The number of carboxylic acids is 1. The number of allylic oxidation sites excluding steroid dienone is 1. The first kappa shape index (κ1) is 9.42. The third-order valence-electron chi connectivity index (χ3n) is 1.31. The van der Waals surface area contributed by atoms with Crippen LogP contribution in [0.5, 0.6) is 0 Å². The number of hydrogen-bond acceptors (Lipinski definition) is 4. The number of thiazole rings is 1. The number of rotatable bonds is 2. The molecule has 66 valence electrons. The molecule has 0 radical (unpaired) electrons. The van der Waals surface area contributed by atoms with E-state index in [4.69, 9.17) is 10.4 Å². The molecule has 0 spiro atoms. The zero-order valence-electron chi connectivity index (χ0n) is 6.81. The van der Waals surface area contributed by atoms with Gasteiger partial charge in [0.25, 0.3) is 0 Å². The number of carbonyl (C=O) groups is 1. The van der Waals surface area contributed by atoms with Gasteiger partial charge in [0.2, 0.25) is 0 Å². The highest BCUT2D eigenvalue weighted by Gasteiger charge is 2.11. The minimum absolute atomic E-state index is 0.220. The van der Waals surface area contributed by atoms with Crippen molar-refractivity contribution in [1.29, 1.82) is 5.26 Å². The van der Waals surface area contributed by atoms with Crippen LogP contribution in [0.1, 0.15) is 20.4 Å². The maximum atomic E-state index is 10.6. The predicted molar refractivity (Wildman–Crippen MR) is 48.5 cm³/mol. The highest BCUT2D eigenvalue weighted by atomic mass is 32.1. The summed E-state index contributed by atoms with van der Waals surface area (Å²) < 4.78 is 0. The van der Waals surface area contributed by atoms with Crippen LogP contribution in [0, 0.1) is 18.3 Å². The Bertz CT molecular complexity index is 401. The van der Waals surface area contributed by atoms with E-state index in [1.807, 2.05) is 6.07 Å². The molecule has 4 nitrogen and oxygen atoms in total. The fourth-order valence-electron chi connectivity index (χ4n) is 0.796. The number of carboxylic acid groups (broad SMARTS) is 1. The molecule has 0 bridgehead atoms. The van der Waals surface area contributed by atoms with Crippen molar-refractivity contribution in [1.82, 2.24) is 4.98 Å². The summed E-state index contributed by atoms with van der Waals surface area (Å²) in [5.74, 6) is -0.980. The van der Waals surface area contributed by atoms with Gasteiger partial charge in [0.05, 0.1) is 11.8 Å². The van der Waals surface area contributed by atoms with Crippen LogP contribution in [0.25, 0.3) is 6.08 Å². The SMILES string of the molecule is Cc1nc(C=CC#N)sc1C(=O)O. The normalized spacial score (nSPS) is 10.2. The Balaban J connectivity index is 3.03. The van der Waals surface area contributed by atoms with E-state index in [0.717, 1.165) is 11.3 Å². The van der Waals surface area contributed by atoms with E-state index in [0.29, 0.717) is 10.7 Å². The molecule has 0 fully saturated rings. The van der Waals surface area contributed by atoms with Gasteiger partial charge in [0.15, 0.2) is 0 Å². The second-order valence-electron chi connectivity index (χ2n) is 2.23. The summed E-state index contributed by atoms with van der Waals surface area (Å²) in [6.45, 7) is 1.63. The first-order valence-electron chi connectivity index (χ1n) is 3.42. The molecule has 0 amide bonds. The second kappa shape index (κ2) is 3.83. The van der Waals surface area contributed by atoms with Gasteiger partial charge >= 0.3 is 5.97 Å². The number of nitrogens with zero attached hydrogens (tertiary/aromatic N) is 2. The average molecular weight is 194 g/mol. The number of nitriles is 1. The Morgan fingerprint density at radius 2 is 2.46 bits per heavy atom. The molecule has 5 heteroatoms. The predicted octanol–water partition coefficient (Wildman–Crippen LogP) is 1.69. The van der Waals surface area contributed by atoms with E-state index in [-0.39, 0.29) is 4.88 Å². The summed E-state index contributed by atoms with van der Waals surface area (Å²) in [7, 11) is 0. The lowest BCUT2D eigenvalue weighted by Crippen LogP contribution is -1.94. The van der Waals surface area contributed by atoms with E-state index in [1.54, 1.807) is 6.92 Å². The Labute approximate surface area is 78.8 Å². The van der Waals surface area contributed by atoms with E-state index < -0.39 is 5.97 Å². The van der Waals surface area contributed by atoms with E-state index >= 15 is 0 Å². The molecule has 0 aromatic carbocycles. The zero-order valence-corrected chi connectivity index (χ0v) is 7.63. The minimum atomic E-state index is -0.980. The molecule has 1 rings (SSSR count). The van der Waals surface area contributed by atoms with Crippen LogP contribution in [0.3, 0.4) is 0 Å². The molecule has 0 aliphatic carbocycles. The van der Waals surface area contributed by atoms with Gasteiger partial charge in [-0.3, -0.25) is 0 Å². The number of hydrogen-bond donors (Lipinski definition) is 1. The van der Waals surface area contributed by atoms with Crippen molar-refractivity contribution in [3.05, 3.63) is 21.7 Å². The molecule has 0 aliphatic rings.